The van der Waals surface area contributed by atoms with E-state index in [0.717, 1.165) is 6.42 Å². The summed E-state index contributed by atoms with van der Waals surface area (Å²) in [5.74, 6) is 2.42. The molecule has 0 amide bonds. The number of hydrogen-bond donors (Lipinski definition) is 2. The molecule has 0 saturated heterocycles. The topological polar surface area (TPSA) is 72.2 Å². The second kappa shape index (κ2) is 6.75. The van der Waals surface area contributed by atoms with E-state index in [4.69, 9.17) is 12.2 Å². The van der Waals surface area contributed by atoms with Gasteiger partial charge in [0.15, 0.2) is 0 Å². The Hall–Kier alpha value is -0.550. The predicted octanol–water partition coefficient (Wildman–Crippen LogP) is 2.87. The largest absolute Gasteiger partial charge is 0.398 e. The lowest BCUT2D eigenvalue weighted by Crippen LogP contribution is -2.34. The lowest BCUT2D eigenvalue weighted by molar-refractivity contribution is 0.564. The van der Waals surface area contributed by atoms with Gasteiger partial charge in [-0.05, 0) is 34.5 Å². The zero-order chi connectivity index (χ0) is 14.6. The van der Waals surface area contributed by atoms with Gasteiger partial charge in [0, 0.05) is 8.95 Å². The summed E-state index contributed by atoms with van der Waals surface area (Å²) in [5.41, 5.74) is 5.92. The van der Waals surface area contributed by atoms with E-state index in [1.807, 2.05) is 6.92 Å². The van der Waals surface area contributed by atoms with Crippen LogP contribution < -0.4 is 10.5 Å². The number of benzene rings is 1. The Balaban J connectivity index is 3.18. The van der Waals surface area contributed by atoms with Crippen LogP contribution >= 0.6 is 31.9 Å². The molecule has 0 aromatic heterocycles. The molecule has 104 valence electrons. The highest BCUT2D eigenvalue weighted by Crippen LogP contribution is 2.31. The summed E-state index contributed by atoms with van der Waals surface area (Å²) in [4.78, 5) is 0.00653. The molecule has 0 aliphatic heterocycles. The van der Waals surface area contributed by atoms with Gasteiger partial charge in [-0.15, -0.1) is 6.42 Å². The molecule has 1 rings (SSSR count). The highest BCUT2D eigenvalue weighted by atomic mass is 79.9. The highest BCUT2D eigenvalue weighted by molar-refractivity contribution is 9.11. The van der Waals surface area contributed by atoms with Gasteiger partial charge in [-0.1, -0.05) is 35.2 Å². The SMILES string of the molecule is C#CC(CCC)NS(=O)(=O)c1c(N)cc(Br)cc1Br. The Morgan fingerprint density at radius 2 is 2.11 bits per heavy atom. The fourth-order valence-corrected chi connectivity index (χ4v) is 4.84. The number of halogens is 2. The molecule has 19 heavy (non-hydrogen) atoms. The van der Waals surface area contributed by atoms with Crippen molar-refractivity contribution >= 4 is 47.6 Å². The van der Waals surface area contributed by atoms with Gasteiger partial charge < -0.3 is 5.73 Å². The second-order valence-corrected chi connectivity index (χ2v) is 7.36. The summed E-state index contributed by atoms with van der Waals surface area (Å²) in [6, 6.07) is 2.62. The Morgan fingerprint density at radius 3 is 2.58 bits per heavy atom. The summed E-state index contributed by atoms with van der Waals surface area (Å²) in [7, 11) is -3.76. The molecule has 7 heteroatoms. The van der Waals surface area contributed by atoms with E-state index < -0.39 is 16.1 Å². The van der Waals surface area contributed by atoms with Crippen LogP contribution in [0.2, 0.25) is 0 Å². The normalized spacial score (nSPS) is 12.9. The Bertz CT molecular complexity index is 586. The van der Waals surface area contributed by atoms with Crippen LogP contribution in [-0.4, -0.2) is 14.5 Å². The first-order valence-electron chi connectivity index (χ1n) is 5.54. The van der Waals surface area contributed by atoms with Crippen LogP contribution in [0.4, 0.5) is 5.69 Å². The van der Waals surface area contributed by atoms with Gasteiger partial charge in [0.1, 0.15) is 4.90 Å². The Labute approximate surface area is 130 Å². The highest BCUT2D eigenvalue weighted by Gasteiger charge is 2.24. The summed E-state index contributed by atoms with van der Waals surface area (Å²) in [5, 5.41) is 0. The Kier molecular flexibility index (Phi) is 5.86. The fraction of sp³-hybridized carbons (Fsp3) is 0.333. The van der Waals surface area contributed by atoms with Crippen molar-refractivity contribution in [2.24, 2.45) is 0 Å². The fourth-order valence-electron chi connectivity index (χ4n) is 1.57. The van der Waals surface area contributed by atoms with Gasteiger partial charge in [-0.25, -0.2) is 8.42 Å². The molecule has 1 aromatic carbocycles. The number of rotatable bonds is 5. The van der Waals surface area contributed by atoms with E-state index in [1.165, 1.54) is 6.07 Å². The third-order valence-electron chi connectivity index (χ3n) is 2.38. The molecule has 0 aliphatic rings. The first kappa shape index (κ1) is 16.5. The number of nitrogens with one attached hydrogen (secondary N) is 1. The van der Waals surface area contributed by atoms with Crippen LogP contribution in [0.15, 0.2) is 26.0 Å². The molecule has 4 nitrogen and oxygen atoms in total. The zero-order valence-corrected chi connectivity index (χ0v) is 14.3. The van der Waals surface area contributed by atoms with Crippen LogP contribution in [0.1, 0.15) is 19.8 Å². The molecule has 0 spiro atoms. The molecule has 0 bridgehead atoms. The number of sulfonamides is 1. The van der Waals surface area contributed by atoms with Crippen molar-refractivity contribution in [2.45, 2.75) is 30.7 Å². The van der Waals surface area contributed by atoms with Gasteiger partial charge in [0.2, 0.25) is 10.0 Å². The van der Waals surface area contributed by atoms with Gasteiger partial charge >= 0.3 is 0 Å². The van der Waals surface area contributed by atoms with Crippen LogP contribution in [-0.2, 0) is 10.0 Å². The van der Waals surface area contributed by atoms with E-state index in [0.29, 0.717) is 15.4 Å². The number of terminal acetylenes is 1. The minimum absolute atomic E-state index is 0.00653. The minimum Gasteiger partial charge on any atom is -0.398 e. The van der Waals surface area contributed by atoms with Crippen LogP contribution in [0, 0.1) is 12.3 Å². The van der Waals surface area contributed by atoms with Crippen molar-refractivity contribution < 1.29 is 8.42 Å². The van der Waals surface area contributed by atoms with Crippen molar-refractivity contribution in [3.63, 3.8) is 0 Å². The molecule has 1 atom stereocenters. The molecule has 0 radical (unpaired) electrons. The van der Waals surface area contributed by atoms with E-state index in [2.05, 4.69) is 42.5 Å². The number of hydrogen-bond acceptors (Lipinski definition) is 3. The summed E-state index contributed by atoms with van der Waals surface area (Å²) in [6.45, 7) is 1.93. The molecule has 1 unspecified atom stereocenters. The molecular formula is C12H14Br2N2O2S. The van der Waals surface area contributed by atoms with E-state index >= 15 is 0 Å². The van der Waals surface area contributed by atoms with Gasteiger partial charge in [0.05, 0.1) is 11.7 Å². The van der Waals surface area contributed by atoms with Crippen molar-refractivity contribution in [1.29, 1.82) is 0 Å². The lowest BCUT2D eigenvalue weighted by atomic mass is 10.2. The van der Waals surface area contributed by atoms with Crippen molar-refractivity contribution in [2.75, 3.05) is 5.73 Å². The van der Waals surface area contributed by atoms with Gasteiger partial charge in [-0.2, -0.15) is 4.72 Å². The number of nitrogen functional groups attached to an aromatic ring is 1. The first-order valence-corrected chi connectivity index (χ1v) is 8.61. The minimum atomic E-state index is -3.76. The van der Waals surface area contributed by atoms with Crippen LogP contribution in [0.5, 0.6) is 0 Å². The maximum absolute atomic E-state index is 12.3. The summed E-state index contributed by atoms with van der Waals surface area (Å²) in [6.07, 6.45) is 6.68. The second-order valence-electron chi connectivity index (χ2n) is 3.94. The van der Waals surface area contributed by atoms with E-state index in [1.54, 1.807) is 6.07 Å². The van der Waals surface area contributed by atoms with Crippen LogP contribution in [0.3, 0.4) is 0 Å². The zero-order valence-electron chi connectivity index (χ0n) is 10.3. The third kappa shape index (κ3) is 4.21. The quantitative estimate of drug-likeness (QED) is 0.580. The first-order chi connectivity index (χ1) is 8.81. The standard InChI is InChI=1S/C12H14Br2N2O2S/c1-3-5-9(4-2)16-19(17,18)12-10(14)6-8(13)7-11(12)15/h2,6-7,9,16H,3,5,15H2,1H3. The van der Waals surface area contributed by atoms with Crippen LogP contribution in [0.25, 0.3) is 0 Å². The van der Waals surface area contributed by atoms with E-state index in [9.17, 15) is 8.42 Å². The molecule has 0 fully saturated rings. The summed E-state index contributed by atoms with van der Waals surface area (Å²) < 4.78 is 28.1. The molecule has 3 N–H and O–H groups in total. The maximum Gasteiger partial charge on any atom is 0.244 e. The lowest BCUT2D eigenvalue weighted by Gasteiger charge is -2.15. The number of anilines is 1. The molecule has 0 aliphatic carbocycles. The average Bonchev–Trinajstić information content (AvgIpc) is 2.25. The molecule has 0 heterocycles. The molecule has 1 aromatic rings. The maximum atomic E-state index is 12.3. The number of nitrogens with two attached hydrogens (primary N) is 1. The monoisotopic (exact) mass is 408 g/mol. The van der Waals surface area contributed by atoms with Gasteiger partial charge in [0.25, 0.3) is 0 Å². The van der Waals surface area contributed by atoms with Crippen molar-refractivity contribution in [3.05, 3.63) is 21.1 Å². The van der Waals surface area contributed by atoms with E-state index in [-0.39, 0.29) is 10.6 Å². The third-order valence-corrected chi connectivity index (χ3v) is 5.32. The van der Waals surface area contributed by atoms with Crippen molar-refractivity contribution in [3.8, 4) is 12.3 Å². The molecule has 0 saturated carbocycles. The van der Waals surface area contributed by atoms with Crippen molar-refractivity contribution in [1.82, 2.24) is 4.72 Å². The Morgan fingerprint density at radius 1 is 1.47 bits per heavy atom. The average molecular weight is 410 g/mol. The molecular weight excluding hydrogens is 396 g/mol. The summed E-state index contributed by atoms with van der Waals surface area (Å²) >= 11 is 6.45. The smallest absolute Gasteiger partial charge is 0.244 e. The predicted molar refractivity (Wildman–Crippen MR) is 84.1 cm³/mol. The van der Waals surface area contributed by atoms with Gasteiger partial charge in [-0.3, -0.25) is 0 Å².